The van der Waals surface area contributed by atoms with Crippen molar-refractivity contribution in [2.75, 3.05) is 25.4 Å². The number of ether oxygens (including phenoxy) is 1. The molecule has 10 heteroatoms. The maximum absolute atomic E-state index is 14.6. The summed E-state index contributed by atoms with van der Waals surface area (Å²) < 4.78 is 36.6. The van der Waals surface area contributed by atoms with Gasteiger partial charge in [-0.3, -0.25) is 0 Å². The Bertz CT molecular complexity index is 1080. The minimum Gasteiger partial charge on any atom is -0.465 e. The highest BCUT2D eigenvalue weighted by atomic mass is 35.5. The number of morpholine rings is 1. The summed E-state index contributed by atoms with van der Waals surface area (Å²) in [5.41, 5.74) is 6.17. The van der Waals surface area contributed by atoms with Crippen molar-refractivity contribution in [3.63, 3.8) is 0 Å². The summed E-state index contributed by atoms with van der Waals surface area (Å²) in [7, 11) is 0. The number of benzene rings is 1. The number of aromatic nitrogens is 2. The summed E-state index contributed by atoms with van der Waals surface area (Å²) >= 11 is 6.04. The highest BCUT2D eigenvalue weighted by molar-refractivity contribution is 6.30. The number of pyridine rings is 1. The van der Waals surface area contributed by atoms with Crippen LogP contribution in [0.4, 0.5) is 19.3 Å². The largest absolute Gasteiger partial charge is 0.465 e. The topological polar surface area (TPSA) is 93.1 Å². The lowest BCUT2D eigenvalue weighted by atomic mass is 10.0. The Morgan fingerprint density at radius 3 is 2.76 bits per heavy atom. The average molecular weight is 423 g/mol. The molecule has 152 valence electrons. The Morgan fingerprint density at radius 2 is 2.07 bits per heavy atom. The van der Waals surface area contributed by atoms with Crippen molar-refractivity contribution in [1.82, 2.24) is 14.3 Å². The SMILES string of the molecule is Nc1cc(F)c(-c2nc3cc(Cl)ccn3c2C[C@H]2CN(C(=O)O)CCO2)c(F)c1. The lowest BCUT2D eigenvalue weighted by molar-refractivity contribution is -0.0214. The predicted molar refractivity (Wildman–Crippen MR) is 103 cm³/mol. The fourth-order valence-corrected chi connectivity index (χ4v) is 3.67. The third kappa shape index (κ3) is 3.70. The van der Waals surface area contributed by atoms with Crippen LogP contribution in [0.25, 0.3) is 16.9 Å². The molecule has 0 radical (unpaired) electrons. The van der Waals surface area contributed by atoms with Gasteiger partial charge in [0.2, 0.25) is 0 Å². The minimum atomic E-state index is -1.04. The number of carbonyl (C=O) groups is 1. The lowest BCUT2D eigenvalue weighted by Crippen LogP contribution is -2.45. The summed E-state index contributed by atoms with van der Waals surface area (Å²) in [4.78, 5) is 16.9. The first-order chi connectivity index (χ1) is 13.8. The fourth-order valence-electron chi connectivity index (χ4n) is 3.52. The van der Waals surface area contributed by atoms with E-state index in [4.69, 9.17) is 22.1 Å². The number of halogens is 3. The van der Waals surface area contributed by atoms with E-state index < -0.39 is 23.8 Å². The zero-order chi connectivity index (χ0) is 20.7. The number of anilines is 1. The molecule has 0 unspecified atom stereocenters. The zero-order valence-electron chi connectivity index (χ0n) is 15.1. The monoisotopic (exact) mass is 422 g/mol. The molecular formula is C19H17ClF2N4O3. The number of nitrogens with two attached hydrogens (primary N) is 1. The van der Waals surface area contributed by atoms with E-state index in [0.29, 0.717) is 16.4 Å². The van der Waals surface area contributed by atoms with Gasteiger partial charge in [0.1, 0.15) is 17.3 Å². The van der Waals surface area contributed by atoms with Gasteiger partial charge in [-0.2, -0.15) is 0 Å². The molecule has 4 rings (SSSR count). The van der Waals surface area contributed by atoms with Gasteiger partial charge in [0.05, 0.1) is 36.2 Å². The molecule has 3 N–H and O–H groups in total. The number of fused-ring (bicyclic) bond motifs is 1. The van der Waals surface area contributed by atoms with E-state index in [9.17, 15) is 18.7 Å². The number of hydrogen-bond acceptors (Lipinski definition) is 4. The second-order valence-electron chi connectivity index (χ2n) is 6.77. The molecule has 0 saturated carbocycles. The summed E-state index contributed by atoms with van der Waals surface area (Å²) in [6.07, 6.45) is 0.313. The molecule has 1 aromatic carbocycles. The maximum Gasteiger partial charge on any atom is 0.407 e. The van der Waals surface area contributed by atoms with E-state index in [-0.39, 0.29) is 43.1 Å². The van der Waals surface area contributed by atoms with E-state index in [2.05, 4.69) is 4.98 Å². The molecular weight excluding hydrogens is 406 g/mol. The standard InChI is InChI=1S/C19H17ClF2N4O3/c20-10-1-2-26-15(8-12-9-25(19(27)28)3-4-29-12)18(24-16(26)5-10)17-13(21)6-11(23)7-14(17)22/h1-2,5-7,12H,3-4,8-9,23H2,(H,27,28)/t12-/m0/s1. The van der Waals surface area contributed by atoms with Crippen molar-refractivity contribution < 1.29 is 23.4 Å². The first-order valence-corrected chi connectivity index (χ1v) is 9.22. The van der Waals surface area contributed by atoms with Crippen LogP contribution < -0.4 is 5.73 Å². The van der Waals surface area contributed by atoms with Crippen LogP contribution in [0.3, 0.4) is 0 Å². The molecule has 1 aliphatic heterocycles. The number of rotatable bonds is 3. The molecule has 1 amide bonds. The van der Waals surface area contributed by atoms with Crippen LogP contribution in [-0.4, -0.2) is 51.3 Å². The minimum absolute atomic E-state index is 0.0372. The lowest BCUT2D eigenvalue weighted by Gasteiger charge is -2.31. The van der Waals surface area contributed by atoms with Crippen molar-refractivity contribution in [1.29, 1.82) is 0 Å². The number of hydrogen-bond donors (Lipinski definition) is 2. The molecule has 7 nitrogen and oxygen atoms in total. The number of imidazole rings is 1. The van der Waals surface area contributed by atoms with Crippen LogP contribution in [-0.2, 0) is 11.2 Å². The van der Waals surface area contributed by atoms with Crippen LogP contribution in [0.15, 0.2) is 30.5 Å². The molecule has 1 saturated heterocycles. The third-order valence-corrected chi connectivity index (χ3v) is 5.05. The summed E-state index contributed by atoms with van der Waals surface area (Å²) in [6.45, 7) is 0.643. The van der Waals surface area contributed by atoms with E-state index >= 15 is 0 Å². The van der Waals surface area contributed by atoms with Gasteiger partial charge in [-0.15, -0.1) is 0 Å². The van der Waals surface area contributed by atoms with Crippen molar-refractivity contribution in [3.05, 3.63) is 52.8 Å². The van der Waals surface area contributed by atoms with Gasteiger partial charge in [0.25, 0.3) is 0 Å². The second-order valence-corrected chi connectivity index (χ2v) is 7.20. The van der Waals surface area contributed by atoms with Gasteiger partial charge in [-0.05, 0) is 18.2 Å². The Morgan fingerprint density at radius 1 is 1.34 bits per heavy atom. The van der Waals surface area contributed by atoms with Crippen LogP contribution in [0, 0.1) is 11.6 Å². The maximum atomic E-state index is 14.6. The number of nitrogen functional groups attached to an aromatic ring is 1. The highest BCUT2D eigenvalue weighted by Gasteiger charge is 2.28. The van der Waals surface area contributed by atoms with Crippen LogP contribution in [0.2, 0.25) is 5.02 Å². The summed E-state index contributed by atoms with van der Waals surface area (Å²) in [5.74, 6) is -1.68. The predicted octanol–water partition coefficient (Wildman–Crippen LogP) is 3.44. The third-order valence-electron chi connectivity index (χ3n) is 4.82. The molecule has 1 fully saturated rings. The second kappa shape index (κ2) is 7.49. The molecule has 1 atom stereocenters. The quantitative estimate of drug-likeness (QED) is 0.631. The Balaban J connectivity index is 1.82. The van der Waals surface area contributed by atoms with Gasteiger partial charge in [0.15, 0.2) is 0 Å². The van der Waals surface area contributed by atoms with Gasteiger partial charge in [-0.1, -0.05) is 11.6 Å². The van der Waals surface area contributed by atoms with Crippen molar-refractivity contribution >= 4 is 29.0 Å². The van der Waals surface area contributed by atoms with Gasteiger partial charge < -0.3 is 24.9 Å². The number of carboxylic acid groups (broad SMARTS) is 1. The molecule has 29 heavy (non-hydrogen) atoms. The Kier molecular flexibility index (Phi) is 5.01. The Hall–Kier alpha value is -2.91. The number of amides is 1. The summed E-state index contributed by atoms with van der Waals surface area (Å²) in [6, 6.07) is 5.27. The van der Waals surface area contributed by atoms with Gasteiger partial charge in [-0.25, -0.2) is 18.6 Å². The molecule has 1 aliphatic rings. The van der Waals surface area contributed by atoms with E-state index in [0.717, 1.165) is 12.1 Å². The van der Waals surface area contributed by atoms with Crippen LogP contribution >= 0.6 is 11.6 Å². The molecule has 2 aromatic heterocycles. The Labute approximate surface area is 169 Å². The zero-order valence-corrected chi connectivity index (χ0v) is 15.9. The smallest absolute Gasteiger partial charge is 0.407 e. The van der Waals surface area contributed by atoms with E-state index in [1.54, 1.807) is 22.7 Å². The molecule has 0 aliphatic carbocycles. The van der Waals surface area contributed by atoms with Crippen molar-refractivity contribution in [2.45, 2.75) is 12.5 Å². The fraction of sp³-hybridized carbons (Fsp3) is 0.263. The van der Waals surface area contributed by atoms with Crippen molar-refractivity contribution in [2.24, 2.45) is 0 Å². The van der Waals surface area contributed by atoms with Crippen molar-refractivity contribution in [3.8, 4) is 11.3 Å². The molecule has 3 aromatic rings. The first kappa shape index (κ1) is 19.4. The molecule has 3 heterocycles. The van der Waals surface area contributed by atoms with E-state index in [1.165, 1.54) is 4.90 Å². The number of nitrogens with zero attached hydrogens (tertiary/aromatic N) is 3. The summed E-state index contributed by atoms with van der Waals surface area (Å²) in [5, 5.41) is 9.66. The first-order valence-electron chi connectivity index (χ1n) is 8.84. The highest BCUT2D eigenvalue weighted by Crippen LogP contribution is 2.32. The normalized spacial score (nSPS) is 17.1. The van der Waals surface area contributed by atoms with Crippen LogP contribution in [0.1, 0.15) is 5.69 Å². The van der Waals surface area contributed by atoms with Gasteiger partial charge in [0, 0.05) is 35.9 Å². The average Bonchev–Trinajstić information content (AvgIpc) is 2.98. The van der Waals surface area contributed by atoms with E-state index in [1.807, 2.05) is 0 Å². The van der Waals surface area contributed by atoms with Gasteiger partial charge >= 0.3 is 6.09 Å². The molecule has 0 bridgehead atoms. The van der Waals surface area contributed by atoms with Crippen LogP contribution in [0.5, 0.6) is 0 Å². The molecule has 0 spiro atoms.